The molecular weight excluding hydrogens is 344 g/mol. The zero-order chi connectivity index (χ0) is 19.3. The highest BCUT2D eigenvalue weighted by atomic mass is 16.3. The van der Waals surface area contributed by atoms with E-state index in [-0.39, 0.29) is 0 Å². The van der Waals surface area contributed by atoms with Crippen LogP contribution in [0.3, 0.4) is 0 Å². The normalized spacial score (nSPS) is 13.1. The lowest BCUT2D eigenvalue weighted by Gasteiger charge is -2.19. The summed E-state index contributed by atoms with van der Waals surface area (Å²) in [5, 5.41) is 21.3. The van der Waals surface area contributed by atoms with Crippen LogP contribution >= 0.6 is 0 Å². The highest BCUT2D eigenvalue weighted by molar-refractivity contribution is 5.64. The molecular formula is C26H22O2. The second-order valence-electron chi connectivity index (χ2n) is 6.87. The summed E-state index contributed by atoms with van der Waals surface area (Å²) in [5.41, 5.74) is 5.80. The van der Waals surface area contributed by atoms with Gasteiger partial charge in [-0.1, -0.05) is 109 Å². The molecule has 0 radical (unpaired) electrons. The van der Waals surface area contributed by atoms with Crippen LogP contribution in [0.15, 0.2) is 109 Å². The van der Waals surface area contributed by atoms with E-state index in [1.165, 1.54) is 0 Å². The van der Waals surface area contributed by atoms with Crippen molar-refractivity contribution in [3.8, 4) is 22.3 Å². The molecule has 0 amide bonds. The quantitative estimate of drug-likeness (QED) is 0.469. The Balaban J connectivity index is 1.50. The van der Waals surface area contributed by atoms with Crippen LogP contribution in [-0.4, -0.2) is 10.2 Å². The summed E-state index contributed by atoms with van der Waals surface area (Å²) < 4.78 is 0. The van der Waals surface area contributed by atoms with E-state index >= 15 is 0 Å². The Hall–Kier alpha value is -3.20. The van der Waals surface area contributed by atoms with Crippen molar-refractivity contribution < 1.29 is 10.2 Å². The van der Waals surface area contributed by atoms with Crippen LogP contribution in [0.2, 0.25) is 0 Å². The van der Waals surface area contributed by atoms with E-state index in [4.69, 9.17) is 0 Å². The zero-order valence-corrected chi connectivity index (χ0v) is 15.4. The van der Waals surface area contributed by atoms with Gasteiger partial charge in [0.05, 0.1) is 0 Å². The van der Waals surface area contributed by atoms with E-state index in [1.54, 1.807) is 0 Å². The monoisotopic (exact) mass is 366 g/mol. The van der Waals surface area contributed by atoms with Gasteiger partial charge in [-0.25, -0.2) is 0 Å². The largest absolute Gasteiger partial charge is 0.385 e. The van der Waals surface area contributed by atoms with E-state index in [1.807, 2.05) is 84.9 Å². The topological polar surface area (TPSA) is 40.5 Å². The Morgan fingerprint density at radius 3 is 0.964 bits per heavy atom. The Morgan fingerprint density at radius 1 is 0.357 bits per heavy atom. The zero-order valence-electron chi connectivity index (χ0n) is 15.4. The van der Waals surface area contributed by atoms with Crippen molar-refractivity contribution in [2.24, 2.45) is 0 Å². The molecule has 2 atom stereocenters. The van der Waals surface area contributed by atoms with Crippen LogP contribution < -0.4 is 0 Å². The fourth-order valence-corrected chi connectivity index (χ4v) is 3.37. The van der Waals surface area contributed by atoms with Crippen LogP contribution in [-0.2, 0) is 0 Å². The van der Waals surface area contributed by atoms with E-state index in [9.17, 15) is 10.2 Å². The molecule has 0 fully saturated rings. The average Bonchev–Trinajstić information content (AvgIpc) is 2.79. The van der Waals surface area contributed by atoms with Crippen molar-refractivity contribution in [1.29, 1.82) is 0 Å². The van der Waals surface area contributed by atoms with Gasteiger partial charge in [0.25, 0.3) is 0 Å². The van der Waals surface area contributed by atoms with Crippen molar-refractivity contribution in [3.05, 3.63) is 120 Å². The number of aliphatic hydroxyl groups excluding tert-OH is 2. The molecule has 0 aromatic heterocycles. The van der Waals surface area contributed by atoms with Gasteiger partial charge in [-0.15, -0.1) is 0 Å². The lowest BCUT2D eigenvalue weighted by Crippen LogP contribution is -2.10. The first kappa shape index (κ1) is 18.2. The third kappa shape index (κ3) is 3.89. The lowest BCUT2D eigenvalue weighted by molar-refractivity contribution is 0.0172. The Morgan fingerprint density at radius 2 is 0.643 bits per heavy atom. The minimum atomic E-state index is -0.979. The van der Waals surface area contributed by atoms with Crippen molar-refractivity contribution in [1.82, 2.24) is 0 Å². The molecule has 138 valence electrons. The summed E-state index contributed by atoms with van der Waals surface area (Å²) in [6.07, 6.45) is -1.96. The van der Waals surface area contributed by atoms with E-state index in [0.29, 0.717) is 11.1 Å². The van der Waals surface area contributed by atoms with Crippen molar-refractivity contribution >= 4 is 0 Å². The fourth-order valence-electron chi connectivity index (χ4n) is 3.37. The summed E-state index contributed by atoms with van der Waals surface area (Å²) in [6.45, 7) is 0. The Kier molecular flexibility index (Phi) is 5.34. The van der Waals surface area contributed by atoms with Gasteiger partial charge >= 0.3 is 0 Å². The molecule has 0 spiro atoms. The smallest absolute Gasteiger partial charge is 0.109 e. The molecule has 0 heterocycles. The summed E-state index contributed by atoms with van der Waals surface area (Å²) >= 11 is 0. The predicted molar refractivity (Wildman–Crippen MR) is 114 cm³/mol. The summed E-state index contributed by atoms with van der Waals surface area (Å²) in [7, 11) is 0. The van der Waals surface area contributed by atoms with E-state index in [2.05, 4.69) is 24.3 Å². The first-order chi connectivity index (χ1) is 13.7. The van der Waals surface area contributed by atoms with Gasteiger partial charge in [-0.2, -0.15) is 0 Å². The van der Waals surface area contributed by atoms with Crippen LogP contribution in [0.1, 0.15) is 23.3 Å². The van der Waals surface area contributed by atoms with Crippen LogP contribution in [0.25, 0.3) is 22.3 Å². The molecule has 0 aliphatic rings. The standard InChI is InChI=1S/C26H22O2/c27-25(23-15-11-21(12-16-23)19-7-3-1-4-8-19)26(28)24-17-13-22(14-18-24)20-9-5-2-6-10-20/h1-18,25-28H. The minimum absolute atomic E-state index is 0.694. The van der Waals surface area contributed by atoms with E-state index in [0.717, 1.165) is 22.3 Å². The highest BCUT2D eigenvalue weighted by Crippen LogP contribution is 2.31. The molecule has 4 rings (SSSR count). The maximum atomic E-state index is 10.6. The molecule has 2 unspecified atom stereocenters. The molecule has 0 saturated carbocycles. The third-order valence-corrected chi connectivity index (χ3v) is 5.02. The molecule has 2 heteroatoms. The Bertz CT molecular complexity index is 920. The first-order valence-corrected chi connectivity index (χ1v) is 9.39. The van der Waals surface area contributed by atoms with Crippen molar-refractivity contribution in [2.75, 3.05) is 0 Å². The number of hydrogen-bond acceptors (Lipinski definition) is 2. The van der Waals surface area contributed by atoms with Gasteiger partial charge in [-0.3, -0.25) is 0 Å². The highest BCUT2D eigenvalue weighted by Gasteiger charge is 2.20. The molecule has 0 aliphatic heterocycles. The van der Waals surface area contributed by atoms with Gasteiger partial charge in [-0.05, 0) is 33.4 Å². The second kappa shape index (κ2) is 8.22. The molecule has 4 aromatic carbocycles. The second-order valence-corrected chi connectivity index (χ2v) is 6.87. The molecule has 28 heavy (non-hydrogen) atoms. The fraction of sp³-hybridized carbons (Fsp3) is 0.0769. The van der Waals surface area contributed by atoms with Crippen molar-refractivity contribution in [2.45, 2.75) is 12.2 Å². The van der Waals surface area contributed by atoms with Crippen LogP contribution in [0.4, 0.5) is 0 Å². The number of aliphatic hydroxyl groups is 2. The van der Waals surface area contributed by atoms with Crippen LogP contribution in [0, 0.1) is 0 Å². The lowest BCUT2D eigenvalue weighted by atomic mass is 9.95. The maximum Gasteiger partial charge on any atom is 0.109 e. The van der Waals surface area contributed by atoms with Gasteiger partial charge < -0.3 is 10.2 Å². The van der Waals surface area contributed by atoms with Gasteiger partial charge in [0.2, 0.25) is 0 Å². The molecule has 0 saturated heterocycles. The van der Waals surface area contributed by atoms with Crippen LogP contribution in [0.5, 0.6) is 0 Å². The number of hydrogen-bond donors (Lipinski definition) is 2. The van der Waals surface area contributed by atoms with Crippen molar-refractivity contribution in [3.63, 3.8) is 0 Å². The minimum Gasteiger partial charge on any atom is -0.385 e. The molecule has 2 nitrogen and oxygen atoms in total. The van der Waals surface area contributed by atoms with E-state index < -0.39 is 12.2 Å². The Labute approximate surface area is 165 Å². The number of rotatable bonds is 5. The molecule has 4 aromatic rings. The molecule has 0 aliphatic carbocycles. The molecule has 2 N–H and O–H groups in total. The van der Waals surface area contributed by atoms with Gasteiger partial charge in [0, 0.05) is 0 Å². The third-order valence-electron chi connectivity index (χ3n) is 5.02. The number of benzene rings is 4. The maximum absolute atomic E-state index is 10.6. The average molecular weight is 366 g/mol. The SMILES string of the molecule is OC(c1ccc(-c2ccccc2)cc1)C(O)c1ccc(-c2ccccc2)cc1. The van der Waals surface area contributed by atoms with Gasteiger partial charge in [0.1, 0.15) is 12.2 Å². The summed E-state index contributed by atoms with van der Waals surface area (Å²) in [5.74, 6) is 0. The predicted octanol–water partition coefficient (Wildman–Crippen LogP) is 5.79. The summed E-state index contributed by atoms with van der Waals surface area (Å²) in [4.78, 5) is 0. The summed E-state index contributed by atoms with van der Waals surface area (Å²) in [6, 6.07) is 35.5. The molecule has 0 bridgehead atoms. The first-order valence-electron chi connectivity index (χ1n) is 9.39. The van der Waals surface area contributed by atoms with Gasteiger partial charge in [0.15, 0.2) is 0 Å².